The highest BCUT2D eigenvalue weighted by atomic mass is 16.5. The van der Waals surface area contributed by atoms with Crippen molar-refractivity contribution in [1.29, 1.82) is 0 Å². The van der Waals surface area contributed by atoms with E-state index in [0.717, 1.165) is 11.3 Å². The zero-order valence-electron chi connectivity index (χ0n) is 11.8. The Bertz CT molecular complexity index is 606. The van der Waals surface area contributed by atoms with Gasteiger partial charge in [-0.15, -0.1) is 0 Å². The van der Waals surface area contributed by atoms with Crippen LogP contribution in [0.15, 0.2) is 54.6 Å². The van der Waals surface area contributed by atoms with E-state index in [-0.39, 0.29) is 24.7 Å². The minimum absolute atomic E-state index is 0.0129. The van der Waals surface area contributed by atoms with E-state index in [1.165, 1.54) is 0 Å². The van der Waals surface area contributed by atoms with Crippen molar-refractivity contribution in [3.05, 3.63) is 65.7 Å². The number of Topliss-reactive ketones (excluding diaryl/α,β-unsaturated/α-hetero) is 1. The topological polar surface area (TPSA) is 55.4 Å². The summed E-state index contributed by atoms with van der Waals surface area (Å²) < 4.78 is 5.06. The number of hydrogen-bond donors (Lipinski definition) is 1. The lowest BCUT2D eigenvalue weighted by molar-refractivity contribution is -0.120. The van der Waals surface area contributed by atoms with Gasteiger partial charge in [0.2, 0.25) is 5.91 Å². The third-order valence-corrected chi connectivity index (χ3v) is 3.07. The average molecular weight is 283 g/mol. The maximum absolute atomic E-state index is 11.9. The average Bonchev–Trinajstić information content (AvgIpc) is 2.54. The number of hydrogen-bond acceptors (Lipinski definition) is 3. The number of carbonyl (C=O) groups is 2. The molecule has 0 saturated heterocycles. The summed E-state index contributed by atoms with van der Waals surface area (Å²) in [5.41, 5.74) is 1.47. The third-order valence-electron chi connectivity index (χ3n) is 3.07. The van der Waals surface area contributed by atoms with Gasteiger partial charge in [0.15, 0.2) is 5.78 Å². The summed E-state index contributed by atoms with van der Waals surface area (Å²) in [7, 11) is 1.59. The van der Waals surface area contributed by atoms with Crippen LogP contribution in [-0.2, 0) is 11.2 Å². The first kappa shape index (κ1) is 14.8. The smallest absolute Gasteiger partial charge is 0.224 e. The number of nitrogens with one attached hydrogen (secondary N) is 1. The van der Waals surface area contributed by atoms with Crippen molar-refractivity contribution in [2.24, 2.45) is 0 Å². The van der Waals surface area contributed by atoms with E-state index in [1.54, 1.807) is 43.5 Å². The van der Waals surface area contributed by atoms with Crippen LogP contribution < -0.4 is 10.1 Å². The molecular weight excluding hydrogens is 266 g/mol. The van der Waals surface area contributed by atoms with Gasteiger partial charge in [0.25, 0.3) is 0 Å². The molecule has 2 rings (SSSR count). The number of amides is 1. The summed E-state index contributed by atoms with van der Waals surface area (Å²) in [5, 5.41) is 2.64. The van der Waals surface area contributed by atoms with E-state index >= 15 is 0 Å². The van der Waals surface area contributed by atoms with Crippen molar-refractivity contribution >= 4 is 11.7 Å². The number of ether oxygens (including phenoxy) is 1. The molecule has 21 heavy (non-hydrogen) atoms. The molecule has 108 valence electrons. The number of methoxy groups -OCH3 is 1. The summed E-state index contributed by atoms with van der Waals surface area (Å²) in [5.74, 6) is 0.474. The number of rotatable bonds is 6. The summed E-state index contributed by atoms with van der Waals surface area (Å²) in [6.07, 6.45) is 0.242. The van der Waals surface area contributed by atoms with Crippen molar-refractivity contribution in [1.82, 2.24) is 5.32 Å². The fourth-order valence-corrected chi connectivity index (χ4v) is 1.90. The summed E-state index contributed by atoms with van der Waals surface area (Å²) in [6.45, 7) is 0.0129. The van der Waals surface area contributed by atoms with Crippen LogP contribution in [-0.4, -0.2) is 25.3 Å². The van der Waals surface area contributed by atoms with Crippen molar-refractivity contribution in [3.8, 4) is 5.75 Å². The largest absolute Gasteiger partial charge is 0.497 e. The first-order valence-corrected chi connectivity index (χ1v) is 6.67. The Labute approximate surface area is 123 Å². The monoisotopic (exact) mass is 283 g/mol. The van der Waals surface area contributed by atoms with E-state index in [2.05, 4.69) is 5.32 Å². The molecule has 0 bridgehead atoms. The SMILES string of the molecule is COc1ccc(CC(=O)NCC(=O)c2ccccc2)cc1. The molecule has 4 heteroatoms. The quantitative estimate of drug-likeness (QED) is 0.827. The Kier molecular flexibility index (Phi) is 5.10. The normalized spacial score (nSPS) is 9.95. The number of carbonyl (C=O) groups excluding carboxylic acids is 2. The van der Waals surface area contributed by atoms with Crippen LogP contribution in [0, 0.1) is 0 Å². The second-order valence-corrected chi connectivity index (χ2v) is 4.59. The first-order chi connectivity index (χ1) is 10.2. The van der Waals surface area contributed by atoms with Gasteiger partial charge < -0.3 is 10.1 Å². The van der Waals surface area contributed by atoms with Crippen LogP contribution in [0.5, 0.6) is 5.75 Å². The van der Waals surface area contributed by atoms with Gasteiger partial charge in [0, 0.05) is 5.56 Å². The molecule has 1 N–H and O–H groups in total. The molecule has 1 amide bonds. The summed E-state index contributed by atoms with van der Waals surface area (Å²) in [4.78, 5) is 23.7. The molecule has 4 nitrogen and oxygen atoms in total. The fourth-order valence-electron chi connectivity index (χ4n) is 1.90. The number of benzene rings is 2. The lowest BCUT2D eigenvalue weighted by atomic mass is 10.1. The highest BCUT2D eigenvalue weighted by molar-refractivity contribution is 5.99. The molecule has 0 unspecified atom stereocenters. The van der Waals surface area contributed by atoms with Crippen LogP contribution >= 0.6 is 0 Å². The highest BCUT2D eigenvalue weighted by Crippen LogP contribution is 2.11. The van der Waals surface area contributed by atoms with Gasteiger partial charge in [0.1, 0.15) is 5.75 Å². The second-order valence-electron chi connectivity index (χ2n) is 4.59. The predicted octanol–water partition coefficient (Wildman–Crippen LogP) is 2.24. The predicted molar refractivity (Wildman–Crippen MR) is 80.5 cm³/mol. The van der Waals surface area contributed by atoms with E-state index < -0.39 is 0 Å². The molecule has 0 aromatic heterocycles. The maximum atomic E-state index is 11.9. The molecule has 0 aliphatic carbocycles. The van der Waals surface area contributed by atoms with Crippen molar-refractivity contribution in [2.45, 2.75) is 6.42 Å². The van der Waals surface area contributed by atoms with E-state index in [9.17, 15) is 9.59 Å². The molecule has 0 atom stereocenters. The van der Waals surface area contributed by atoms with Gasteiger partial charge in [-0.25, -0.2) is 0 Å². The molecule has 0 fully saturated rings. The van der Waals surface area contributed by atoms with Gasteiger partial charge in [-0.3, -0.25) is 9.59 Å². The van der Waals surface area contributed by atoms with E-state index in [0.29, 0.717) is 5.56 Å². The van der Waals surface area contributed by atoms with E-state index in [1.807, 2.05) is 18.2 Å². The van der Waals surface area contributed by atoms with Crippen LogP contribution in [0.25, 0.3) is 0 Å². The molecule has 0 radical (unpaired) electrons. The van der Waals surface area contributed by atoms with Crippen LogP contribution in [0.3, 0.4) is 0 Å². The molecule has 0 aliphatic heterocycles. The van der Waals surface area contributed by atoms with Gasteiger partial charge >= 0.3 is 0 Å². The standard InChI is InChI=1S/C17H17NO3/c1-21-15-9-7-13(8-10-15)11-17(20)18-12-16(19)14-5-3-2-4-6-14/h2-10H,11-12H2,1H3,(H,18,20). The molecule has 0 spiro atoms. The van der Waals surface area contributed by atoms with Crippen LogP contribution in [0.1, 0.15) is 15.9 Å². The first-order valence-electron chi connectivity index (χ1n) is 6.67. The van der Waals surface area contributed by atoms with Crippen molar-refractivity contribution in [3.63, 3.8) is 0 Å². The Morgan fingerprint density at radius 1 is 1.00 bits per heavy atom. The maximum Gasteiger partial charge on any atom is 0.224 e. The highest BCUT2D eigenvalue weighted by Gasteiger charge is 2.08. The van der Waals surface area contributed by atoms with Gasteiger partial charge in [-0.2, -0.15) is 0 Å². The van der Waals surface area contributed by atoms with Crippen LogP contribution in [0.4, 0.5) is 0 Å². The summed E-state index contributed by atoms with van der Waals surface area (Å²) >= 11 is 0. The van der Waals surface area contributed by atoms with Gasteiger partial charge in [-0.1, -0.05) is 42.5 Å². The third kappa shape index (κ3) is 4.45. The lowest BCUT2D eigenvalue weighted by Gasteiger charge is -2.06. The Hall–Kier alpha value is -2.62. The molecule has 2 aromatic rings. The Morgan fingerprint density at radius 2 is 1.67 bits per heavy atom. The van der Waals surface area contributed by atoms with Crippen molar-refractivity contribution < 1.29 is 14.3 Å². The molecule has 0 aliphatic rings. The molecule has 2 aromatic carbocycles. The lowest BCUT2D eigenvalue weighted by Crippen LogP contribution is -2.30. The molecule has 0 heterocycles. The Balaban J connectivity index is 1.83. The molecular formula is C17H17NO3. The minimum atomic E-state index is -0.176. The number of ketones is 1. The second kappa shape index (κ2) is 7.24. The van der Waals surface area contributed by atoms with Crippen LogP contribution in [0.2, 0.25) is 0 Å². The van der Waals surface area contributed by atoms with Gasteiger partial charge in [0.05, 0.1) is 20.1 Å². The zero-order valence-corrected chi connectivity index (χ0v) is 11.8. The molecule has 0 saturated carbocycles. The Morgan fingerprint density at radius 3 is 2.29 bits per heavy atom. The van der Waals surface area contributed by atoms with E-state index in [4.69, 9.17) is 4.74 Å². The summed E-state index contributed by atoms with van der Waals surface area (Å²) in [6, 6.07) is 16.2. The van der Waals surface area contributed by atoms with Gasteiger partial charge in [-0.05, 0) is 17.7 Å². The minimum Gasteiger partial charge on any atom is -0.497 e. The van der Waals surface area contributed by atoms with Crippen molar-refractivity contribution in [2.75, 3.05) is 13.7 Å². The fraction of sp³-hybridized carbons (Fsp3) is 0.176. The zero-order chi connectivity index (χ0) is 15.1.